The Morgan fingerprint density at radius 3 is 2.53 bits per heavy atom. The first-order chi connectivity index (χ1) is 7.95. The molecule has 0 bridgehead atoms. The molecule has 0 aliphatic carbocycles. The molecule has 102 valence electrons. The SMILES string of the molecule is CC(C)NS(=O)(=O)N1CCCN(CCN)CC1. The molecule has 1 aliphatic rings. The first-order valence-electron chi connectivity index (χ1n) is 6.15. The van der Waals surface area contributed by atoms with Crippen molar-refractivity contribution in [3.63, 3.8) is 0 Å². The Balaban J connectivity index is 2.56. The lowest BCUT2D eigenvalue weighted by molar-refractivity contribution is 0.294. The van der Waals surface area contributed by atoms with Gasteiger partial charge in [0.2, 0.25) is 0 Å². The molecule has 1 aliphatic heterocycles. The van der Waals surface area contributed by atoms with Crippen molar-refractivity contribution < 1.29 is 8.42 Å². The number of hydrogen-bond donors (Lipinski definition) is 2. The van der Waals surface area contributed by atoms with Gasteiger partial charge in [-0.3, -0.25) is 0 Å². The van der Waals surface area contributed by atoms with Crippen LogP contribution in [0.5, 0.6) is 0 Å². The molecule has 0 radical (unpaired) electrons. The molecule has 1 heterocycles. The van der Waals surface area contributed by atoms with E-state index in [2.05, 4.69) is 9.62 Å². The van der Waals surface area contributed by atoms with Gasteiger partial charge in [0.25, 0.3) is 10.2 Å². The largest absolute Gasteiger partial charge is 0.329 e. The van der Waals surface area contributed by atoms with Crippen LogP contribution >= 0.6 is 0 Å². The van der Waals surface area contributed by atoms with E-state index in [1.165, 1.54) is 4.31 Å². The zero-order valence-corrected chi connectivity index (χ0v) is 11.5. The van der Waals surface area contributed by atoms with Gasteiger partial charge in [-0.1, -0.05) is 0 Å². The Morgan fingerprint density at radius 2 is 1.94 bits per heavy atom. The molecule has 1 saturated heterocycles. The van der Waals surface area contributed by atoms with Crippen molar-refractivity contribution >= 4 is 10.2 Å². The number of nitrogens with two attached hydrogens (primary N) is 1. The summed E-state index contributed by atoms with van der Waals surface area (Å²) in [6, 6.07) is -0.0663. The fourth-order valence-electron chi connectivity index (χ4n) is 1.97. The topological polar surface area (TPSA) is 78.7 Å². The lowest BCUT2D eigenvalue weighted by Gasteiger charge is -2.22. The fraction of sp³-hybridized carbons (Fsp3) is 1.00. The maximum atomic E-state index is 12.0. The van der Waals surface area contributed by atoms with Crippen LogP contribution in [0, 0.1) is 0 Å². The minimum Gasteiger partial charge on any atom is -0.329 e. The lowest BCUT2D eigenvalue weighted by atomic mass is 10.4. The molecule has 0 saturated carbocycles. The molecule has 17 heavy (non-hydrogen) atoms. The second-order valence-corrected chi connectivity index (χ2v) is 6.36. The fourth-order valence-corrected chi connectivity index (χ4v) is 3.40. The van der Waals surface area contributed by atoms with Gasteiger partial charge in [0, 0.05) is 38.8 Å². The van der Waals surface area contributed by atoms with Crippen LogP contribution in [0.1, 0.15) is 20.3 Å². The monoisotopic (exact) mass is 264 g/mol. The number of rotatable bonds is 5. The van der Waals surface area contributed by atoms with Crippen LogP contribution in [-0.2, 0) is 10.2 Å². The summed E-state index contributed by atoms with van der Waals surface area (Å²) in [7, 11) is -3.32. The highest BCUT2D eigenvalue weighted by Crippen LogP contribution is 2.07. The Morgan fingerprint density at radius 1 is 1.24 bits per heavy atom. The predicted octanol–water partition coefficient (Wildman–Crippen LogP) is -0.804. The van der Waals surface area contributed by atoms with E-state index in [4.69, 9.17) is 5.73 Å². The second kappa shape index (κ2) is 6.65. The first-order valence-corrected chi connectivity index (χ1v) is 7.59. The summed E-state index contributed by atoms with van der Waals surface area (Å²) in [5.41, 5.74) is 5.51. The van der Waals surface area contributed by atoms with Gasteiger partial charge in [-0.25, -0.2) is 0 Å². The lowest BCUT2D eigenvalue weighted by Crippen LogP contribution is -2.45. The minimum absolute atomic E-state index is 0.0663. The number of nitrogens with one attached hydrogen (secondary N) is 1. The maximum absolute atomic E-state index is 12.0. The molecule has 1 fully saturated rings. The molecule has 0 aromatic heterocycles. The van der Waals surface area contributed by atoms with Crippen LogP contribution in [-0.4, -0.2) is 62.9 Å². The van der Waals surface area contributed by atoms with E-state index in [1.54, 1.807) is 0 Å². The second-order valence-electron chi connectivity index (χ2n) is 4.66. The van der Waals surface area contributed by atoms with E-state index in [-0.39, 0.29) is 6.04 Å². The van der Waals surface area contributed by atoms with E-state index < -0.39 is 10.2 Å². The van der Waals surface area contributed by atoms with Crippen molar-refractivity contribution in [2.45, 2.75) is 26.3 Å². The highest BCUT2D eigenvalue weighted by atomic mass is 32.2. The summed E-state index contributed by atoms with van der Waals surface area (Å²) in [6.45, 7) is 7.93. The average Bonchev–Trinajstić information content (AvgIpc) is 2.42. The predicted molar refractivity (Wildman–Crippen MR) is 68.9 cm³/mol. The number of nitrogens with zero attached hydrogens (tertiary/aromatic N) is 2. The molecule has 3 N–H and O–H groups in total. The highest BCUT2D eigenvalue weighted by molar-refractivity contribution is 7.87. The van der Waals surface area contributed by atoms with Crippen LogP contribution < -0.4 is 10.5 Å². The molecule has 7 heteroatoms. The number of hydrogen-bond acceptors (Lipinski definition) is 4. The third-order valence-electron chi connectivity index (χ3n) is 2.72. The molecule has 0 aromatic carbocycles. The Kier molecular flexibility index (Phi) is 5.81. The van der Waals surface area contributed by atoms with Gasteiger partial charge in [0.15, 0.2) is 0 Å². The van der Waals surface area contributed by atoms with Crippen molar-refractivity contribution in [3.05, 3.63) is 0 Å². The van der Waals surface area contributed by atoms with Crippen molar-refractivity contribution in [2.75, 3.05) is 39.3 Å². The highest BCUT2D eigenvalue weighted by Gasteiger charge is 2.25. The van der Waals surface area contributed by atoms with Gasteiger partial charge in [-0.15, -0.1) is 0 Å². The van der Waals surface area contributed by atoms with Crippen LogP contribution in [0.2, 0.25) is 0 Å². The van der Waals surface area contributed by atoms with Gasteiger partial charge >= 0.3 is 0 Å². The van der Waals surface area contributed by atoms with Crippen LogP contribution in [0.15, 0.2) is 0 Å². The van der Waals surface area contributed by atoms with E-state index in [1.807, 2.05) is 13.8 Å². The smallest absolute Gasteiger partial charge is 0.279 e. The molecule has 1 rings (SSSR count). The van der Waals surface area contributed by atoms with Crippen molar-refractivity contribution in [3.8, 4) is 0 Å². The Hall–Kier alpha value is -0.210. The van der Waals surface area contributed by atoms with E-state index in [0.717, 1.165) is 26.1 Å². The van der Waals surface area contributed by atoms with Gasteiger partial charge in [0.05, 0.1) is 0 Å². The van der Waals surface area contributed by atoms with Gasteiger partial charge in [-0.05, 0) is 26.8 Å². The molecule has 0 unspecified atom stereocenters. The van der Waals surface area contributed by atoms with Crippen molar-refractivity contribution in [1.82, 2.24) is 13.9 Å². The molecule has 6 nitrogen and oxygen atoms in total. The van der Waals surface area contributed by atoms with Gasteiger partial charge in [-0.2, -0.15) is 17.4 Å². The molecule has 0 amide bonds. The van der Waals surface area contributed by atoms with E-state index in [0.29, 0.717) is 19.6 Å². The van der Waals surface area contributed by atoms with E-state index in [9.17, 15) is 8.42 Å². The molecule has 0 atom stereocenters. The maximum Gasteiger partial charge on any atom is 0.279 e. The summed E-state index contributed by atoms with van der Waals surface area (Å²) in [5.74, 6) is 0. The standard InChI is InChI=1S/C10H24N4O2S/c1-10(2)12-17(15,16)14-6-3-5-13(7-4-11)8-9-14/h10,12H,3-9,11H2,1-2H3. The molecule has 0 spiro atoms. The van der Waals surface area contributed by atoms with Crippen LogP contribution in [0.3, 0.4) is 0 Å². The Labute approximate surface area is 104 Å². The zero-order valence-electron chi connectivity index (χ0n) is 10.7. The molecule has 0 aromatic rings. The molecular formula is C10H24N4O2S. The summed E-state index contributed by atoms with van der Waals surface area (Å²) in [4.78, 5) is 2.21. The van der Waals surface area contributed by atoms with Crippen molar-refractivity contribution in [2.24, 2.45) is 5.73 Å². The summed E-state index contributed by atoms with van der Waals surface area (Å²) in [5, 5.41) is 0. The molecular weight excluding hydrogens is 240 g/mol. The van der Waals surface area contributed by atoms with Crippen molar-refractivity contribution in [1.29, 1.82) is 0 Å². The summed E-state index contributed by atoms with van der Waals surface area (Å²) >= 11 is 0. The first kappa shape index (κ1) is 14.8. The van der Waals surface area contributed by atoms with Gasteiger partial charge < -0.3 is 10.6 Å². The van der Waals surface area contributed by atoms with Crippen LogP contribution in [0.25, 0.3) is 0 Å². The van der Waals surface area contributed by atoms with Gasteiger partial charge in [0.1, 0.15) is 0 Å². The summed E-state index contributed by atoms with van der Waals surface area (Å²) in [6.07, 6.45) is 0.860. The van der Waals surface area contributed by atoms with E-state index >= 15 is 0 Å². The Bertz CT molecular complexity index is 318. The third-order valence-corrected chi connectivity index (χ3v) is 4.53. The quantitative estimate of drug-likeness (QED) is 0.681. The normalized spacial score (nSPS) is 20.7. The summed E-state index contributed by atoms with van der Waals surface area (Å²) < 4.78 is 28.1. The average molecular weight is 264 g/mol. The zero-order chi connectivity index (χ0) is 12.9. The third kappa shape index (κ3) is 4.89. The minimum atomic E-state index is -3.32. The van der Waals surface area contributed by atoms with Crippen LogP contribution in [0.4, 0.5) is 0 Å².